The van der Waals surface area contributed by atoms with Crippen molar-refractivity contribution < 1.29 is 14.2 Å². The van der Waals surface area contributed by atoms with Crippen molar-refractivity contribution in [1.29, 1.82) is 0 Å². The number of nitrogen functional groups attached to an aromatic ring is 1. The third-order valence-electron chi connectivity index (χ3n) is 10.6. The van der Waals surface area contributed by atoms with Gasteiger partial charge in [-0.3, -0.25) is 9.47 Å². The lowest BCUT2D eigenvalue weighted by Crippen LogP contribution is -2.52. The van der Waals surface area contributed by atoms with Crippen LogP contribution in [0.4, 0.5) is 5.82 Å². The van der Waals surface area contributed by atoms with Crippen LogP contribution in [0.1, 0.15) is 91.3 Å². The summed E-state index contributed by atoms with van der Waals surface area (Å²) in [7, 11) is 0. The number of benzene rings is 1. The van der Waals surface area contributed by atoms with Gasteiger partial charge in [0.2, 0.25) is 0 Å². The van der Waals surface area contributed by atoms with Crippen molar-refractivity contribution in [3.63, 3.8) is 0 Å². The van der Waals surface area contributed by atoms with Crippen LogP contribution in [0.3, 0.4) is 0 Å². The molecule has 2 saturated heterocycles. The number of hydrogen-bond acceptors (Lipinski definition) is 9. The molecule has 4 fully saturated rings. The molecule has 2 saturated carbocycles. The molecule has 45 heavy (non-hydrogen) atoms. The molecule has 2 unspecified atom stereocenters. The summed E-state index contributed by atoms with van der Waals surface area (Å²) >= 11 is 0. The first-order valence-electron chi connectivity index (χ1n) is 16.6. The molecule has 5 heterocycles. The second-order valence-electron chi connectivity index (χ2n) is 15.5. The number of fused-ring (bicyclic) bond motifs is 3. The molecule has 11 heteroatoms. The Morgan fingerprint density at radius 2 is 1.87 bits per heavy atom. The third kappa shape index (κ3) is 5.03. The van der Waals surface area contributed by atoms with Crippen molar-refractivity contribution in [2.75, 3.05) is 12.3 Å². The third-order valence-corrected chi connectivity index (χ3v) is 10.6. The molecule has 6 atom stereocenters. The molecule has 11 nitrogen and oxygen atoms in total. The number of ether oxygens (including phenoxy) is 3. The van der Waals surface area contributed by atoms with E-state index in [-0.39, 0.29) is 23.7 Å². The van der Waals surface area contributed by atoms with Gasteiger partial charge >= 0.3 is 0 Å². The average molecular weight is 615 g/mol. The summed E-state index contributed by atoms with van der Waals surface area (Å²) in [5.74, 6) is 2.82. The number of aromatic amines is 1. The number of hydrogen-bond donors (Lipinski definition) is 2. The fourth-order valence-electron chi connectivity index (χ4n) is 8.05. The van der Waals surface area contributed by atoms with Crippen molar-refractivity contribution in [1.82, 2.24) is 34.4 Å². The second-order valence-corrected chi connectivity index (χ2v) is 15.5. The summed E-state index contributed by atoms with van der Waals surface area (Å²) in [6, 6.07) is 7.59. The molecule has 4 aromatic rings. The Kier molecular flexibility index (Phi) is 6.63. The van der Waals surface area contributed by atoms with Crippen LogP contribution in [0.5, 0.6) is 0 Å². The van der Waals surface area contributed by atoms with Gasteiger partial charge in [0.25, 0.3) is 0 Å². The summed E-state index contributed by atoms with van der Waals surface area (Å²) in [5, 5.41) is 0. The van der Waals surface area contributed by atoms with Gasteiger partial charge < -0.3 is 24.9 Å². The van der Waals surface area contributed by atoms with Crippen molar-refractivity contribution in [2.45, 2.75) is 121 Å². The molecular weight excluding hydrogens is 568 g/mol. The topological polar surface area (TPSA) is 129 Å². The molecule has 240 valence electrons. The number of rotatable bonds is 7. The zero-order valence-electron chi connectivity index (χ0n) is 27.4. The lowest BCUT2D eigenvalue weighted by Gasteiger charge is -2.46. The highest BCUT2D eigenvalue weighted by molar-refractivity contribution is 5.81. The van der Waals surface area contributed by atoms with Crippen LogP contribution in [0.2, 0.25) is 0 Å². The highest BCUT2D eigenvalue weighted by Crippen LogP contribution is 2.57. The molecule has 0 spiro atoms. The lowest BCUT2D eigenvalue weighted by atomic mass is 9.75. The quantitative estimate of drug-likeness (QED) is 0.285. The van der Waals surface area contributed by atoms with Gasteiger partial charge in [-0.05, 0) is 81.9 Å². The van der Waals surface area contributed by atoms with Gasteiger partial charge in [-0.2, -0.15) is 0 Å². The Morgan fingerprint density at radius 3 is 2.62 bits per heavy atom. The van der Waals surface area contributed by atoms with Crippen LogP contribution in [0.25, 0.3) is 22.2 Å². The number of nitrogens with two attached hydrogens (primary N) is 1. The molecule has 3 aromatic heterocycles. The largest absolute Gasteiger partial charge is 0.382 e. The van der Waals surface area contributed by atoms with Gasteiger partial charge in [0.1, 0.15) is 36.0 Å². The molecule has 1 aromatic carbocycles. The molecule has 2 aliphatic carbocycles. The highest BCUT2D eigenvalue weighted by atomic mass is 16.8. The minimum absolute atomic E-state index is 0.126. The van der Waals surface area contributed by atoms with Gasteiger partial charge in [0.05, 0.1) is 17.4 Å². The summed E-state index contributed by atoms with van der Waals surface area (Å²) in [6.45, 7) is 16.1. The van der Waals surface area contributed by atoms with Crippen LogP contribution >= 0.6 is 0 Å². The Labute approximate surface area is 264 Å². The van der Waals surface area contributed by atoms with E-state index in [9.17, 15) is 0 Å². The molecule has 4 aliphatic rings. The van der Waals surface area contributed by atoms with Crippen LogP contribution in [-0.2, 0) is 19.6 Å². The SMILES string of the molecule is CC(C)N(C[C@H]1O[C@@H](n2cnc3c(N)ncnc32)[C@@H]2OC(C)(C)O[C@@H]21)C1CC(C2CC2c2nc3ccc(C(C)(C)C)cc3[nH]2)C1. The molecule has 0 radical (unpaired) electrons. The maximum atomic E-state index is 6.75. The molecular formula is C34H46N8O3. The second kappa shape index (κ2) is 10.2. The van der Waals surface area contributed by atoms with E-state index in [0.717, 1.165) is 23.5 Å². The van der Waals surface area contributed by atoms with E-state index in [1.165, 1.54) is 37.0 Å². The van der Waals surface area contributed by atoms with E-state index in [4.69, 9.17) is 24.9 Å². The average Bonchev–Trinajstić information content (AvgIpc) is 3.23. The fraction of sp³-hybridized carbons (Fsp3) is 0.647. The summed E-state index contributed by atoms with van der Waals surface area (Å²) < 4.78 is 21.6. The first-order chi connectivity index (χ1) is 21.4. The standard InChI is InChI=1S/C34H46N8O3/c1-17(2)41(20-10-18(11-20)21-13-22(21)30-39-23-9-8-19(33(3,4)5)12-24(23)40-30)14-25-27-28(45-34(6,7)44-27)32(43-25)42-16-38-26-29(35)36-15-37-31(26)42/h8-9,12,15-18,20-22,25,27-28,32H,10-11,13-14H2,1-7H3,(H,39,40)(H2,35,36,37)/t18?,20?,21?,22?,25-,27-,28-,32-/m1/s1. The zero-order chi connectivity index (χ0) is 31.4. The fourth-order valence-corrected chi connectivity index (χ4v) is 8.05. The Balaban J connectivity index is 0.948. The molecule has 0 amide bonds. The molecule has 8 rings (SSSR count). The number of imidazole rings is 2. The minimum Gasteiger partial charge on any atom is -0.382 e. The van der Waals surface area contributed by atoms with Crippen molar-refractivity contribution in [3.05, 3.63) is 42.2 Å². The normalized spacial score (nSPS) is 32.6. The smallest absolute Gasteiger partial charge is 0.167 e. The van der Waals surface area contributed by atoms with E-state index < -0.39 is 12.0 Å². The number of anilines is 1. The van der Waals surface area contributed by atoms with Crippen LogP contribution < -0.4 is 5.73 Å². The van der Waals surface area contributed by atoms with Crippen LogP contribution in [0.15, 0.2) is 30.9 Å². The first kappa shape index (κ1) is 29.3. The summed E-state index contributed by atoms with van der Waals surface area (Å²) in [6.07, 6.45) is 5.80. The summed E-state index contributed by atoms with van der Waals surface area (Å²) in [4.78, 5) is 24.3. The van der Waals surface area contributed by atoms with Crippen molar-refractivity contribution >= 4 is 28.0 Å². The number of H-pyrrole nitrogens is 1. The lowest BCUT2D eigenvalue weighted by molar-refractivity contribution is -0.199. The van der Waals surface area contributed by atoms with E-state index >= 15 is 0 Å². The van der Waals surface area contributed by atoms with Gasteiger partial charge in [-0.15, -0.1) is 0 Å². The van der Waals surface area contributed by atoms with Gasteiger partial charge in [-0.25, -0.2) is 19.9 Å². The predicted octanol–water partition coefficient (Wildman–Crippen LogP) is 5.29. The Bertz CT molecular complexity index is 1730. The van der Waals surface area contributed by atoms with E-state index in [0.29, 0.717) is 40.9 Å². The first-order valence-corrected chi connectivity index (χ1v) is 16.6. The van der Waals surface area contributed by atoms with Crippen LogP contribution in [-0.4, -0.2) is 77.1 Å². The van der Waals surface area contributed by atoms with E-state index in [2.05, 4.69) is 77.7 Å². The minimum atomic E-state index is -0.698. The van der Waals surface area contributed by atoms with Gasteiger partial charge in [0.15, 0.2) is 23.5 Å². The number of nitrogens with one attached hydrogen (secondary N) is 1. The highest BCUT2D eigenvalue weighted by Gasteiger charge is 2.57. The Hall–Kier alpha value is -3.12. The number of aromatic nitrogens is 6. The molecule has 2 aliphatic heterocycles. The summed E-state index contributed by atoms with van der Waals surface area (Å²) in [5.41, 5.74) is 11.0. The monoisotopic (exact) mass is 614 g/mol. The van der Waals surface area contributed by atoms with Gasteiger partial charge in [0, 0.05) is 24.5 Å². The van der Waals surface area contributed by atoms with Gasteiger partial charge in [-0.1, -0.05) is 26.8 Å². The molecule has 3 N–H and O–H groups in total. The van der Waals surface area contributed by atoms with E-state index in [1.807, 2.05) is 18.4 Å². The Morgan fingerprint density at radius 1 is 1.09 bits per heavy atom. The predicted molar refractivity (Wildman–Crippen MR) is 171 cm³/mol. The van der Waals surface area contributed by atoms with Crippen molar-refractivity contribution in [2.24, 2.45) is 11.8 Å². The maximum absolute atomic E-state index is 6.75. The molecule has 0 bridgehead atoms. The zero-order valence-corrected chi connectivity index (χ0v) is 27.4. The van der Waals surface area contributed by atoms with Crippen molar-refractivity contribution in [3.8, 4) is 0 Å². The number of nitrogens with zero attached hydrogens (tertiary/aromatic N) is 6. The van der Waals surface area contributed by atoms with Crippen LogP contribution in [0, 0.1) is 11.8 Å². The van der Waals surface area contributed by atoms with E-state index in [1.54, 1.807) is 6.33 Å². The maximum Gasteiger partial charge on any atom is 0.167 e.